The fourth-order valence-electron chi connectivity index (χ4n) is 11.7. The van der Waals surface area contributed by atoms with Crippen molar-refractivity contribution < 1.29 is 80.2 Å². The maximum absolute atomic E-state index is 13.1. The maximum Gasteiger partial charge on any atom is 0.472 e. The van der Waals surface area contributed by atoms with Crippen molar-refractivity contribution >= 4 is 39.5 Å². The van der Waals surface area contributed by atoms with E-state index in [9.17, 15) is 43.2 Å². The lowest BCUT2D eigenvalue weighted by atomic mass is 10.0. The Bertz CT molecular complexity index is 1840. The lowest BCUT2D eigenvalue weighted by molar-refractivity contribution is -0.161. The molecule has 0 aromatic heterocycles. The summed E-state index contributed by atoms with van der Waals surface area (Å²) in [5.41, 5.74) is 0. The van der Waals surface area contributed by atoms with Gasteiger partial charge in [-0.25, -0.2) is 9.13 Å². The summed E-state index contributed by atoms with van der Waals surface area (Å²) in [5, 5.41) is 10.6. The number of aliphatic hydroxyl groups is 1. The van der Waals surface area contributed by atoms with E-state index >= 15 is 0 Å². The highest BCUT2D eigenvalue weighted by molar-refractivity contribution is 7.47. The molecule has 95 heavy (non-hydrogen) atoms. The van der Waals surface area contributed by atoms with Crippen LogP contribution in [0.2, 0.25) is 0 Å². The van der Waals surface area contributed by atoms with Gasteiger partial charge in [-0.1, -0.05) is 343 Å². The Kier molecular flexibility index (Phi) is 66.5. The Morgan fingerprint density at radius 2 is 0.484 bits per heavy atom. The molecule has 0 heterocycles. The molecule has 0 aromatic carbocycles. The topological polar surface area (TPSA) is 237 Å². The maximum atomic E-state index is 13.1. The first-order valence-corrected chi connectivity index (χ1v) is 42.5. The van der Waals surface area contributed by atoms with E-state index in [2.05, 4.69) is 41.5 Å². The summed E-state index contributed by atoms with van der Waals surface area (Å²) in [6.45, 7) is 9.60. The molecule has 0 fully saturated rings. The standard InChI is InChI=1S/C76H148O17P2/c1-7-9-11-13-15-33-42-48-54-60-75(80)92-71(64-86-73(78)58-52-46-38-14-12-10-8-2)66-90-94(82,83)88-62-70(77)63-89-95(84,85)91-67-72(65-87-74(79)59-53-47-41-36-31-27-24-20-22-26-30-35-40-45-51-57-69(5)6)93-76(81)61-55-49-43-37-32-28-23-19-17-16-18-21-25-29-34-39-44-50-56-68(3)4/h68-72,77H,7-67H2,1-6H3,(H,82,83)(H,84,85)/t70-,71+,72+/m0/s1. The zero-order valence-electron chi connectivity index (χ0n) is 62.0. The van der Waals surface area contributed by atoms with Crippen molar-refractivity contribution in [1.29, 1.82) is 0 Å². The molecule has 0 amide bonds. The summed E-state index contributed by atoms with van der Waals surface area (Å²) < 4.78 is 68.3. The summed E-state index contributed by atoms with van der Waals surface area (Å²) in [7, 11) is -9.90. The van der Waals surface area contributed by atoms with Crippen molar-refractivity contribution in [2.45, 2.75) is 413 Å². The Morgan fingerprint density at radius 1 is 0.284 bits per heavy atom. The van der Waals surface area contributed by atoms with E-state index in [-0.39, 0.29) is 25.7 Å². The summed E-state index contributed by atoms with van der Waals surface area (Å²) in [5.74, 6) is -0.496. The SMILES string of the molecule is CCCCCCCCCCCC(=O)O[C@H](COC(=O)CCCCCCCCC)COP(=O)(O)OC[C@H](O)COP(=O)(O)OC[C@@H](COC(=O)CCCCCCCCCCCCCCCCCC(C)C)OC(=O)CCCCCCCCCCCCCCCCCCCCC(C)C. The van der Waals surface area contributed by atoms with Crippen LogP contribution in [-0.2, 0) is 65.4 Å². The van der Waals surface area contributed by atoms with Crippen molar-refractivity contribution in [2.24, 2.45) is 11.8 Å². The van der Waals surface area contributed by atoms with Crippen LogP contribution < -0.4 is 0 Å². The lowest BCUT2D eigenvalue weighted by Crippen LogP contribution is -2.30. The molecule has 0 aliphatic rings. The molecule has 0 aromatic rings. The number of phosphoric ester groups is 2. The van der Waals surface area contributed by atoms with Gasteiger partial charge in [-0.3, -0.25) is 37.3 Å². The Labute approximate surface area is 581 Å². The molecule has 0 saturated carbocycles. The van der Waals surface area contributed by atoms with Gasteiger partial charge in [-0.2, -0.15) is 0 Å². The van der Waals surface area contributed by atoms with Crippen LogP contribution in [0.5, 0.6) is 0 Å². The van der Waals surface area contributed by atoms with Crippen LogP contribution in [-0.4, -0.2) is 96.7 Å². The molecule has 0 aliphatic heterocycles. The molecule has 0 aliphatic carbocycles. The number of aliphatic hydroxyl groups excluding tert-OH is 1. The number of carbonyl (C=O) groups is 4. The number of carbonyl (C=O) groups excluding carboxylic acids is 4. The van der Waals surface area contributed by atoms with Crippen molar-refractivity contribution in [2.75, 3.05) is 39.6 Å². The van der Waals surface area contributed by atoms with Gasteiger partial charge in [-0.15, -0.1) is 0 Å². The van der Waals surface area contributed by atoms with Crippen molar-refractivity contribution in [3.8, 4) is 0 Å². The number of unbranched alkanes of at least 4 members (excludes halogenated alkanes) is 45. The number of esters is 4. The third kappa shape index (κ3) is 70.3. The molecule has 0 saturated heterocycles. The normalized spacial score (nSPS) is 14.0. The first kappa shape index (κ1) is 93.1. The minimum absolute atomic E-state index is 0.106. The Hall–Kier alpha value is -1.94. The van der Waals surface area contributed by atoms with Gasteiger partial charge >= 0.3 is 39.5 Å². The highest BCUT2D eigenvalue weighted by Gasteiger charge is 2.30. The largest absolute Gasteiger partial charge is 0.472 e. The van der Waals surface area contributed by atoms with E-state index in [0.717, 1.165) is 115 Å². The van der Waals surface area contributed by atoms with E-state index in [0.29, 0.717) is 25.7 Å². The zero-order valence-corrected chi connectivity index (χ0v) is 63.8. The van der Waals surface area contributed by atoms with Crippen LogP contribution in [0.15, 0.2) is 0 Å². The Balaban J connectivity index is 5.14. The van der Waals surface area contributed by atoms with Gasteiger partial charge in [0.15, 0.2) is 12.2 Å². The van der Waals surface area contributed by atoms with Crippen LogP contribution >= 0.6 is 15.6 Å². The summed E-state index contributed by atoms with van der Waals surface area (Å²) in [4.78, 5) is 72.5. The summed E-state index contributed by atoms with van der Waals surface area (Å²) >= 11 is 0. The minimum atomic E-state index is -4.96. The van der Waals surface area contributed by atoms with E-state index in [1.165, 1.54) is 199 Å². The third-order valence-corrected chi connectivity index (χ3v) is 19.6. The fourth-order valence-corrected chi connectivity index (χ4v) is 13.2. The molecule has 0 radical (unpaired) electrons. The van der Waals surface area contributed by atoms with Gasteiger partial charge in [0.05, 0.1) is 26.4 Å². The second kappa shape index (κ2) is 67.9. The number of ether oxygens (including phenoxy) is 4. The van der Waals surface area contributed by atoms with Crippen LogP contribution in [0.3, 0.4) is 0 Å². The number of hydrogen-bond acceptors (Lipinski definition) is 15. The van der Waals surface area contributed by atoms with Gasteiger partial charge in [0.2, 0.25) is 0 Å². The van der Waals surface area contributed by atoms with Crippen molar-refractivity contribution in [1.82, 2.24) is 0 Å². The molecule has 2 unspecified atom stereocenters. The number of hydrogen-bond donors (Lipinski definition) is 3. The average molecular weight is 1400 g/mol. The van der Waals surface area contributed by atoms with Gasteiger partial charge < -0.3 is 33.8 Å². The first-order valence-electron chi connectivity index (χ1n) is 39.5. The lowest BCUT2D eigenvalue weighted by Gasteiger charge is -2.21. The van der Waals surface area contributed by atoms with E-state index in [1.807, 2.05) is 0 Å². The molecular formula is C76H148O17P2. The van der Waals surface area contributed by atoms with Crippen molar-refractivity contribution in [3.63, 3.8) is 0 Å². The smallest absolute Gasteiger partial charge is 0.462 e. The molecular weight excluding hydrogens is 1250 g/mol. The molecule has 5 atom stereocenters. The van der Waals surface area contributed by atoms with Gasteiger partial charge in [0.25, 0.3) is 0 Å². The molecule has 3 N–H and O–H groups in total. The number of rotatable bonds is 75. The molecule has 17 nitrogen and oxygen atoms in total. The number of phosphoric acid groups is 2. The van der Waals surface area contributed by atoms with Crippen molar-refractivity contribution in [3.05, 3.63) is 0 Å². The van der Waals surface area contributed by atoms with Crippen LogP contribution in [0.25, 0.3) is 0 Å². The van der Waals surface area contributed by atoms with E-state index < -0.39 is 97.5 Å². The highest BCUT2D eigenvalue weighted by Crippen LogP contribution is 2.45. The third-order valence-electron chi connectivity index (χ3n) is 17.7. The van der Waals surface area contributed by atoms with Gasteiger partial charge in [0, 0.05) is 25.7 Å². The molecule has 0 bridgehead atoms. The monoisotopic (exact) mass is 1400 g/mol. The predicted octanol–water partition coefficient (Wildman–Crippen LogP) is 22.3. The summed E-state index contributed by atoms with van der Waals surface area (Å²) in [6, 6.07) is 0. The van der Waals surface area contributed by atoms with E-state index in [4.69, 9.17) is 37.0 Å². The second-order valence-corrected chi connectivity index (χ2v) is 31.3. The van der Waals surface area contributed by atoms with Crippen LogP contribution in [0.1, 0.15) is 395 Å². The second-order valence-electron chi connectivity index (χ2n) is 28.3. The zero-order chi connectivity index (χ0) is 70.0. The molecule has 564 valence electrons. The quantitative estimate of drug-likeness (QED) is 0.0222. The highest BCUT2D eigenvalue weighted by atomic mass is 31.2. The van der Waals surface area contributed by atoms with Gasteiger partial charge in [-0.05, 0) is 37.5 Å². The van der Waals surface area contributed by atoms with Gasteiger partial charge in [0.1, 0.15) is 19.3 Å². The average Bonchev–Trinajstić information content (AvgIpc) is 1.26. The molecule has 0 spiro atoms. The van der Waals surface area contributed by atoms with Crippen LogP contribution in [0, 0.1) is 11.8 Å². The van der Waals surface area contributed by atoms with E-state index in [1.54, 1.807) is 0 Å². The fraction of sp³-hybridized carbons (Fsp3) is 0.947. The Morgan fingerprint density at radius 3 is 0.716 bits per heavy atom. The van der Waals surface area contributed by atoms with Crippen LogP contribution in [0.4, 0.5) is 0 Å². The minimum Gasteiger partial charge on any atom is -0.462 e. The molecule has 0 rings (SSSR count). The molecule has 19 heteroatoms. The summed E-state index contributed by atoms with van der Waals surface area (Å²) in [6.07, 6.45) is 55.8. The predicted molar refractivity (Wildman–Crippen MR) is 386 cm³/mol. The first-order chi connectivity index (χ1) is 45.9.